The molecule has 1 aliphatic rings. The molecule has 0 saturated carbocycles. The van der Waals surface area contributed by atoms with Gasteiger partial charge < -0.3 is 15.4 Å². The highest BCUT2D eigenvalue weighted by molar-refractivity contribution is 6.42. The minimum absolute atomic E-state index is 0. The molecule has 1 aromatic rings. The highest BCUT2D eigenvalue weighted by Crippen LogP contribution is 2.33. The molecule has 0 aliphatic carbocycles. The third kappa shape index (κ3) is 5.60. The van der Waals surface area contributed by atoms with Crippen molar-refractivity contribution in [2.75, 3.05) is 26.2 Å². The molecule has 0 bridgehead atoms. The summed E-state index contributed by atoms with van der Waals surface area (Å²) in [5.41, 5.74) is 1.03. The minimum atomic E-state index is -0.0384. The van der Waals surface area contributed by atoms with Crippen molar-refractivity contribution in [2.24, 2.45) is 5.92 Å². The van der Waals surface area contributed by atoms with E-state index in [1.807, 2.05) is 12.1 Å². The van der Waals surface area contributed by atoms with Crippen LogP contribution in [0.15, 0.2) is 18.2 Å². The first kappa shape index (κ1) is 19.5. The van der Waals surface area contributed by atoms with Gasteiger partial charge in [-0.3, -0.25) is 4.79 Å². The number of benzene rings is 1. The SMILES string of the molecule is CC(=O)NCC[C@H]1CNCCO[C@H]1c1ccc(Cl)c(Cl)c1.Cl. The Kier molecular flexibility index (Phi) is 8.50. The van der Waals surface area contributed by atoms with Gasteiger partial charge in [0.15, 0.2) is 0 Å². The van der Waals surface area contributed by atoms with E-state index >= 15 is 0 Å². The molecule has 2 rings (SSSR count). The predicted molar refractivity (Wildman–Crippen MR) is 92.1 cm³/mol. The molecule has 0 unspecified atom stereocenters. The van der Waals surface area contributed by atoms with Crippen molar-refractivity contribution < 1.29 is 9.53 Å². The Morgan fingerprint density at radius 1 is 1.41 bits per heavy atom. The molecule has 2 N–H and O–H groups in total. The van der Waals surface area contributed by atoms with Crippen LogP contribution in [0.4, 0.5) is 0 Å². The van der Waals surface area contributed by atoms with E-state index in [4.69, 9.17) is 27.9 Å². The largest absolute Gasteiger partial charge is 0.372 e. The third-order valence-corrected chi connectivity index (χ3v) is 4.31. The molecule has 1 amide bonds. The summed E-state index contributed by atoms with van der Waals surface area (Å²) in [7, 11) is 0. The van der Waals surface area contributed by atoms with Gasteiger partial charge in [0.25, 0.3) is 0 Å². The van der Waals surface area contributed by atoms with Crippen LogP contribution in [0, 0.1) is 5.92 Å². The van der Waals surface area contributed by atoms with Gasteiger partial charge in [0, 0.05) is 32.5 Å². The maximum absolute atomic E-state index is 11.0. The Labute approximate surface area is 147 Å². The highest BCUT2D eigenvalue weighted by Gasteiger charge is 2.26. The van der Waals surface area contributed by atoms with E-state index in [0.717, 1.165) is 25.1 Å². The summed E-state index contributed by atoms with van der Waals surface area (Å²) in [4.78, 5) is 11.0. The minimum Gasteiger partial charge on any atom is -0.372 e. The smallest absolute Gasteiger partial charge is 0.216 e. The molecule has 124 valence electrons. The van der Waals surface area contributed by atoms with E-state index in [0.29, 0.717) is 23.2 Å². The van der Waals surface area contributed by atoms with Gasteiger partial charge in [0.2, 0.25) is 5.91 Å². The molecule has 4 nitrogen and oxygen atoms in total. The van der Waals surface area contributed by atoms with Crippen LogP contribution in [0.25, 0.3) is 0 Å². The van der Waals surface area contributed by atoms with Crippen molar-refractivity contribution in [2.45, 2.75) is 19.4 Å². The number of halogens is 3. The Balaban J connectivity index is 0.00000242. The van der Waals surface area contributed by atoms with Gasteiger partial charge in [-0.05, 0) is 24.1 Å². The van der Waals surface area contributed by atoms with Crippen LogP contribution < -0.4 is 10.6 Å². The maximum atomic E-state index is 11.0. The zero-order valence-corrected chi connectivity index (χ0v) is 14.7. The first-order valence-corrected chi connectivity index (χ1v) is 7.85. The average molecular weight is 368 g/mol. The zero-order valence-electron chi connectivity index (χ0n) is 12.4. The predicted octanol–water partition coefficient (Wildman–Crippen LogP) is 3.22. The van der Waals surface area contributed by atoms with Crippen LogP contribution >= 0.6 is 35.6 Å². The molecule has 1 saturated heterocycles. The maximum Gasteiger partial charge on any atom is 0.216 e. The van der Waals surface area contributed by atoms with Gasteiger partial charge in [-0.1, -0.05) is 29.3 Å². The standard InChI is InChI=1S/C15H20Cl2N2O2.ClH/c1-10(20)19-5-4-12-9-18-6-7-21-15(12)11-2-3-13(16)14(17)8-11;/h2-3,8,12,15,18H,4-7,9H2,1H3,(H,19,20);1H/t12-,15-;/m0./s1. The van der Waals surface area contributed by atoms with Gasteiger partial charge in [0.05, 0.1) is 22.8 Å². The van der Waals surface area contributed by atoms with Gasteiger partial charge in [-0.25, -0.2) is 0 Å². The van der Waals surface area contributed by atoms with Gasteiger partial charge in [0.1, 0.15) is 0 Å². The topological polar surface area (TPSA) is 50.4 Å². The van der Waals surface area contributed by atoms with E-state index in [-0.39, 0.29) is 30.3 Å². The van der Waals surface area contributed by atoms with Crippen molar-refractivity contribution >= 4 is 41.5 Å². The fourth-order valence-electron chi connectivity index (χ4n) is 2.53. The third-order valence-electron chi connectivity index (χ3n) is 3.57. The van der Waals surface area contributed by atoms with Crippen LogP contribution in [0.5, 0.6) is 0 Å². The number of amides is 1. The lowest BCUT2D eigenvalue weighted by molar-refractivity contribution is -0.119. The van der Waals surface area contributed by atoms with E-state index in [2.05, 4.69) is 10.6 Å². The summed E-state index contributed by atoms with van der Waals surface area (Å²) in [5.74, 6) is 0.264. The molecule has 22 heavy (non-hydrogen) atoms. The van der Waals surface area contributed by atoms with Crippen LogP contribution in [0.3, 0.4) is 0 Å². The van der Waals surface area contributed by atoms with Gasteiger partial charge in [-0.15, -0.1) is 12.4 Å². The molecule has 1 fully saturated rings. The second-order valence-corrected chi connectivity index (χ2v) is 6.02. The summed E-state index contributed by atoms with van der Waals surface area (Å²) >= 11 is 12.1. The monoisotopic (exact) mass is 366 g/mol. The Morgan fingerprint density at radius 2 is 2.18 bits per heavy atom. The Bertz CT molecular complexity index is 500. The number of nitrogens with one attached hydrogen (secondary N) is 2. The van der Waals surface area contributed by atoms with Crippen molar-refractivity contribution in [3.05, 3.63) is 33.8 Å². The average Bonchev–Trinajstić information content (AvgIpc) is 2.67. The second kappa shape index (κ2) is 9.58. The van der Waals surface area contributed by atoms with Gasteiger partial charge >= 0.3 is 0 Å². The molecule has 0 aromatic heterocycles. The van der Waals surface area contributed by atoms with Crippen molar-refractivity contribution in [3.63, 3.8) is 0 Å². The lowest BCUT2D eigenvalue weighted by Crippen LogP contribution is -2.29. The Morgan fingerprint density at radius 3 is 2.86 bits per heavy atom. The van der Waals surface area contributed by atoms with E-state index in [1.165, 1.54) is 6.92 Å². The number of carbonyl (C=O) groups is 1. The highest BCUT2D eigenvalue weighted by atomic mass is 35.5. The van der Waals surface area contributed by atoms with Crippen LogP contribution in [0.1, 0.15) is 25.0 Å². The molecule has 1 aliphatic heterocycles. The summed E-state index contributed by atoms with van der Waals surface area (Å²) < 4.78 is 5.98. The molecule has 0 spiro atoms. The zero-order chi connectivity index (χ0) is 15.2. The molecule has 1 aromatic carbocycles. The number of carbonyl (C=O) groups excluding carboxylic acids is 1. The number of rotatable bonds is 4. The molecular formula is C15H21Cl3N2O2. The molecule has 7 heteroatoms. The van der Waals surface area contributed by atoms with E-state index < -0.39 is 0 Å². The van der Waals surface area contributed by atoms with Crippen LogP contribution in [0.2, 0.25) is 10.0 Å². The van der Waals surface area contributed by atoms with Gasteiger partial charge in [-0.2, -0.15) is 0 Å². The summed E-state index contributed by atoms with van der Waals surface area (Å²) in [6.07, 6.45) is 0.806. The molecule has 2 atom stereocenters. The molecular weight excluding hydrogens is 347 g/mol. The summed E-state index contributed by atoms with van der Waals surface area (Å²) in [5, 5.41) is 7.28. The number of ether oxygens (including phenoxy) is 1. The summed E-state index contributed by atoms with van der Waals surface area (Å²) in [6.45, 7) is 4.50. The fourth-order valence-corrected chi connectivity index (χ4v) is 2.84. The quantitative estimate of drug-likeness (QED) is 0.859. The first-order chi connectivity index (χ1) is 10.1. The summed E-state index contributed by atoms with van der Waals surface area (Å²) in [6, 6.07) is 5.62. The molecule has 1 heterocycles. The first-order valence-electron chi connectivity index (χ1n) is 7.09. The second-order valence-electron chi connectivity index (χ2n) is 5.20. The lowest BCUT2D eigenvalue weighted by atomic mass is 9.92. The molecule has 0 radical (unpaired) electrons. The van der Waals surface area contributed by atoms with Crippen LogP contribution in [-0.4, -0.2) is 32.1 Å². The number of hydrogen-bond donors (Lipinski definition) is 2. The van der Waals surface area contributed by atoms with Crippen molar-refractivity contribution in [1.29, 1.82) is 0 Å². The normalized spacial score (nSPS) is 21.6. The fraction of sp³-hybridized carbons (Fsp3) is 0.533. The number of hydrogen-bond acceptors (Lipinski definition) is 3. The lowest BCUT2D eigenvalue weighted by Gasteiger charge is -2.25. The van der Waals surface area contributed by atoms with Crippen molar-refractivity contribution in [1.82, 2.24) is 10.6 Å². The van der Waals surface area contributed by atoms with E-state index in [9.17, 15) is 4.79 Å². The van der Waals surface area contributed by atoms with Crippen molar-refractivity contribution in [3.8, 4) is 0 Å². The Hall–Kier alpha value is -0.520. The van der Waals surface area contributed by atoms with E-state index in [1.54, 1.807) is 6.07 Å². The van der Waals surface area contributed by atoms with Crippen LogP contribution in [-0.2, 0) is 9.53 Å².